The van der Waals surface area contributed by atoms with E-state index in [2.05, 4.69) is 20.1 Å². The first-order valence-electron chi connectivity index (χ1n) is 11.1. The summed E-state index contributed by atoms with van der Waals surface area (Å²) < 4.78 is 28.7. The van der Waals surface area contributed by atoms with Crippen molar-refractivity contribution in [3.63, 3.8) is 0 Å². The first-order valence-corrected chi connectivity index (χ1v) is 12.1. The van der Waals surface area contributed by atoms with Crippen molar-refractivity contribution in [2.24, 2.45) is 0 Å². The first-order chi connectivity index (χ1) is 17.1. The predicted molar refractivity (Wildman–Crippen MR) is 130 cm³/mol. The van der Waals surface area contributed by atoms with Gasteiger partial charge in [0, 0.05) is 43.6 Å². The molecule has 35 heavy (non-hydrogen) atoms. The highest BCUT2D eigenvalue weighted by Crippen LogP contribution is 2.28. The van der Waals surface area contributed by atoms with Crippen LogP contribution in [0.4, 0.5) is 14.6 Å². The maximum absolute atomic E-state index is 13.5. The van der Waals surface area contributed by atoms with E-state index in [1.54, 1.807) is 35.0 Å². The van der Waals surface area contributed by atoms with Crippen LogP contribution in [0.3, 0.4) is 0 Å². The van der Waals surface area contributed by atoms with Crippen LogP contribution >= 0.6 is 11.8 Å². The predicted octanol–water partition coefficient (Wildman–Crippen LogP) is 4.05. The quantitative estimate of drug-likeness (QED) is 0.379. The lowest BCUT2D eigenvalue weighted by Gasteiger charge is -2.35. The molecular weight excluding hydrogens is 470 g/mol. The maximum atomic E-state index is 13.5. The fourth-order valence-electron chi connectivity index (χ4n) is 3.92. The summed E-state index contributed by atoms with van der Waals surface area (Å²) in [6.45, 7) is 2.66. The number of thioether (sulfide) groups is 1. The number of halogens is 2. The van der Waals surface area contributed by atoms with Gasteiger partial charge in [-0.05, 0) is 60.7 Å². The monoisotopic (exact) mass is 492 g/mol. The molecule has 0 saturated carbocycles. The zero-order valence-electron chi connectivity index (χ0n) is 18.7. The molecule has 1 aliphatic rings. The van der Waals surface area contributed by atoms with Crippen molar-refractivity contribution in [3.8, 4) is 17.1 Å². The maximum Gasteiger partial charge on any atom is 0.233 e. The Morgan fingerprint density at radius 2 is 1.54 bits per heavy atom. The van der Waals surface area contributed by atoms with Crippen LogP contribution in [0.15, 0.2) is 78.1 Å². The molecule has 1 amide bonds. The molecule has 3 heterocycles. The van der Waals surface area contributed by atoms with E-state index in [0.717, 1.165) is 5.82 Å². The average Bonchev–Trinajstić information content (AvgIpc) is 3.32. The Kier molecular flexibility index (Phi) is 6.71. The zero-order valence-corrected chi connectivity index (χ0v) is 19.5. The number of carbonyl (C=O) groups is 1. The minimum Gasteiger partial charge on any atom is -0.353 e. The number of anilines is 1. The standard InChI is InChI=1S/C25H22F2N6OS/c26-19-6-4-18(5-7-19)24-29-30-25(33(24)21-10-8-20(27)9-11-21)35-17-23(34)32-15-13-31(14-16-32)22-3-1-2-12-28-22/h1-12H,13-17H2. The van der Waals surface area contributed by atoms with Gasteiger partial charge in [-0.2, -0.15) is 0 Å². The van der Waals surface area contributed by atoms with Gasteiger partial charge in [-0.3, -0.25) is 9.36 Å². The molecule has 7 nitrogen and oxygen atoms in total. The second-order valence-corrected chi connectivity index (χ2v) is 8.91. The molecule has 0 N–H and O–H groups in total. The number of pyridine rings is 1. The summed E-state index contributed by atoms with van der Waals surface area (Å²) in [5.41, 5.74) is 1.31. The molecule has 5 rings (SSSR count). The number of benzene rings is 2. The number of hydrogen-bond donors (Lipinski definition) is 0. The molecule has 4 aromatic rings. The third kappa shape index (κ3) is 5.17. The third-order valence-electron chi connectivity index (χ3n) is 5.75. The first kappa shape index (κ1) is 23.0. The van der Waals surface area contributed by atoms with Crippen LogP contribution in [0.25, 0.3) is 17.1 Å². The SMILES string of the molecule is O=C(CSc1nnc(-c2ccc(F)cc2)n1-c1ccc(F)cc1)N1CCN(c2ccccn2)CC1. The van der Waals surface area contributed by atoms with Crippen molar-refractivity contribution in [3.05, 3.63) is 84.6 Å². The van der Waals surface area contributed by atoms with Gasteiger partial charge in [0.1, 0.15) is 17.5 Å². The molecule has 1 saturated heterocycles. The van der Waals surface area contributed by atoms with Crippen LogP contribution in [0.5, 0.6) is 0 Å². The number of piperazine rings is 1. The Labute approximate surface area is 205 Å². The second kappa shape index (κ2) is 10.2. The Morgan fingerprint density at radius 3 is 2.20 bits per heavy atom. The summed E-state index contributed by atoms with van der Waals surface area (Å²) in [5, 5.41) is 9.07. The van der Waals surface area contributed by atoms with Crippen molar-refractivity contribution >= 4 is 23.5 Å². The van der Waals surface area contributed by atoms with Crippen LogP contribution in [0.1, 0.15) is 0 Å². The topological polar surface area (TPSA) is 67.2 Å². The van der Waals surface area contributed by atoms with Gasteiger partial charge in [0.25, 0.3) is 0 Å². The van der Waals surface area contributed by atoms with E-state index in [1.165, 1.54) is 36.0 Å². The minimum atomic E-state index is -0.362. The number of aromatic nitrogens is 4. The van der Waals surface area contributed by atoms with Gasteiger partial charge in [-0.25, -0.2) is 13.8 Å². The van der Waals surface area contributed by atoms with E-state index < -0.39 is 0 Å². The highest BCUT2D eigenvalue weighted by molar-refractivity contribution is 7.99. The summed E-state index contributed by atoms with van der Waals surface area (Å²) in [6, 6.07) is 17.7. The molecule has 10 heteroatoms. The van der Waals surface area contributed by atoms with Crippen LogP contribution in [-0.2, 0) is 4.79 Å². The number of amides is 1. The van der Waals surface area contributed by atoms with Gasteiger partial charge in [-0.1, -0.05) is 17.8 Å². The van der Waals surface area contributed by atoms with Gasteiger partial charge >= 0.3 is 0 Å². The van der Waals surface area contributed by atoms with E-state index in [1.807, 2.05) is 23.1 Å². The average molecular weight is 493 g/mol. The summed E-state index contributed by atoms with van der Waals surface area (Å²) >= 11 is 1.27. The van der Waals surface area contributed by atoms with Gasteiger partial charge in [0.15, 0.2) is 11.0 Å². The van der Waals surface area contributed by atoms with Crippen LogP contribution in [-0.4, -0.2) is 62.5 Å². The van der Waals surface area contributed by atoms with Crippen LogP contribution < -0.4 is 4.90 Å². The van der Waals surface area contributed by atoms with Crippen molar-refractivity contribution in [1.29, 1.82) is 0 Å². The van der Waals surface area contributed by atoms with Crippen molar-refractivity contribution < 1.29 is 13.6 Å². The highest BCUT2D eigenvalue weighted by atomic mass is 32.2. The van der Waals surface area contributed by atoms with Crippen LogP contribution in [0.2, 0.25) is 0 Å². The van der Waals surface area contributed by atoms with Crippen molar-refractivity contribution in [1.82, 2.24) is 24.6 Å². The fourth-order valence-corrected chi connectivity index (χ4v) is 4.77. The zero-order chi connectivity index (χ0) is 24.2. The normalized spacial score (nSPS) is 13.8. The third-order valence-corrected chi connectivity index (χ3v) is 6.66. The Balaban J connectivity index is 1.30. The van der Waals surface area contributed by atoms with Crippen LogP contribution in [0, 0.1) is 11.6 Å². The van der Waals surface area contributed by atoms with E-state index in [9.17, 15) is 13.6 Å². The lowest BCUT2D eigenvalue weighted by Crippen LogP contribution is -2.49. The lowest BCUT2D eigenvalue weighted by atomic mass is 10.2. The summed E-state index contributed by atoms with van der Waals surface area (Å²) in [5.74, 6) is 0.869. The minimum absolute atomic E-state index is 0.00709. The Morgan fingerprint density at radius 1 is 0.857 bits per heavy atom. The second-order valence-electron chi connectivity index (χ2n) is 7.97. The molecule has 178 valence electrons. The number of nitrogens with zero attached hydrogens (tertiary/aromatic N) is 6. The Hall–Kier alpha value is -3.79. The molecule has 0 atom stereocenters. The molecule has 1 fully saturated rings. The summed E-state index contributed by atoms with van der Waals surface area (Å²) in [7, 11) is 0. The largest absolute Gasteiger partial charge is 0.353 e. The summed E-state index contributed by atoms with van der Waals surface area (Å²) in [6.07, 6.45) is 1.76. The number of rotatable bonds is 6. The molecule has 0 radical (unpaired) electrons. The molecule has 2 aromatic carbocycles. The van der Waals surface area contributed by atoms with Gasteiger partial charge < -0.3 is 9.80 Å². The lowest BCUT2D eigenvalue weighted by molar-refractivity contribution is -0.128. The van der Waals surface area contributed by atoms with Crippen molar-refractivity contribution in [2.75, 3.05) is 36.8 Å². The molecule has 2 aromatic heterocycles. The van der Waals surface area contributed by atoms with Gasteiger partial charge in [-0.15, -0.1) is 10.2 Å². The highest BCUT2D eigenvalue weighted by Gasteiger charge is 2.23. The Bertz CT molecular complexity index is 1290. The molecular formula is C25H22F2N6OS. The van der Waals surface area contributed by atoms with Crippen molar-refractivity contribution in [2.45, 2.75) is 5.16 Å². The number of hydrogen-bond acceptors (Lipinski definition) is 6. The molecule has 0 spiro atoms. The smallest absolute Gasteiger partial charge is 0.233 e. The van der Waals surface area contributed by atoms with Gasteiger partial charge in [0.2, 0.25) is 5.91 Å². The van der Waals surface area contributed by atoms with E-state index in [0.29, 0.717) is 48.4 Å². The van der Waals surface area contributed by atoms with E-state index in [-0.39, 0.29) is 23.3 Å². The molecule has 0 bridgehead atoms. The molecule has 0 aliphatic carbocycles. The number of carbonyl (C=O) groups excluding carboxylic acids is 1. The molecule has 1 aliphatic heterocycles. The summed E-state index contributed by atoms with van der Waals surface area (Å²) in [4.78, 5) is 21.3. The van der Waals surface area contributed by atoms with E-state index >= 15 is 0 Å². The fraction of sp³-hybridized carbons (Fsp3) is 0.200. The van der Waals surface area contributed by atoms with E-state index in [4.69, 9.17) is 0 Å². The molecule has 0 unspecified atom stereocenters. The van der Waals surface area contributed by atoms with Gasteiger partial charge in [0.05, 0.1) is 5.75 Å².